The summed E-state index contributed by atoms with van der Waals surface area (Å²) in [6.07, 6.45) is 0.681. The standard InChI is InChI=1S/C12H23NO4/c1-5-11(7-14)13(9(3)10(4)15)6-8(2)12(16)17/h8-9,11,14H,5-7H2,1-4H3,(H,16,17). The van der Waals surface area contributed by atoms with Crippen molar-refractivity contribution in [3.05, 3.63) is 0 Å². The van der Waals surface area contributed by atoms with E-state index in [4.69, 9.17) is 5.11 Å². The number of ketones is 1. The van der Waals surface area contributed by atoms with Crippen molar-refractivity contribution in [2.45, 2.75) is 46.2 Å². The summed E-state index contributed by atoms with van der Waals surface area (Å²) in [5, 5.41) is 18.2. The first-order valence-electron chi connectivity index (χ1n) is 5.94. The van der Waals surface area contributed by atoms with Gasteiger partial charge in [0.1, 0.15) is 5.78 Å². The maximum absolute atomic E-state index is 11.4. The summed E-state index contributed by atoms with van der Waals surface area (Å²) in [6, 6.07) is -0.537. The molecule has 0 spiro atoms. The molecule has 0 aromatic rings. The van der Waals surface area contributed by atoms with E-state index in [2.05, 4.69) is 0 Å². The number of hydrogen-bond donors (Lipinski definition) is 2. The second-order valence-electron chi connectivity index (χ2n) is 4.47. The van der Waals surface area contributed by atoms with Crippen LogP contribution in [-0.2, 0) is 9.59 Å². The van der Waals surface area contributed by atoms with Crippen LogP contribution >= 0.6 is 0 Å². The molecule has 100 valence electrons. The number of aliphatic carboxylic acids is 1. The highest BCUT2D eigenvalue weighted by atomic mass is 16.4. The van der Waals surface area contributed by atoms with E-state index in [0.717, 1.165) is 0 Å². The summed E-state index contributed by atoms with van der Waals surface area (Å²) >= 11 is 0. The number of rotatable bonds is 8. The second kappa shape index (κ2) is 7.40. The summed E-state index contributed by atoms with van der Waals surface area (Å²) < 4.78 is 0. The molecule has 0 bridgehead atoms. The molecule has 0 rings (SSSR count). The molecule has 5 nitrogen and oxygen atoms in total. The van der Waals surface area contributed by atoms with Gasteiger partial charge in [0.2, 0.25) is 0 Å². The number of Topliss-reactive ketones (excluding diaryl/α,β-unsaturated/α-hetero) is 1. The molecule has 0 heterocycles. The van der Waals surface area contributed by atoms with Crippen LogP contribution in [0.2, 0.25) is 0 Å². The quantitative estimate of drug-likeness (QED) is 0.660. The minimum Gasteiger partial charge on any atom is -0.481 e. The van der Waals surface area contributed by atoms with Crippen LogP contribution in [0.25, 0.3) is 0 Å². The van der Waals surface area contributed by atoms with Gasteiger partial charge in [0, 0.05) is 12.6 Å². The first kappa shape index (κ1) is 16.1. The molecule has 17 heavy (non-hydrogen) atoms. The first-order valence-corrected chi connectivity index (χ1v) is 5.94. The van der Waals surface area contributed by atoms with Crippen molar-refractivity contribution < 1.29 is 19.8 Å². The minimum absolute atomic E-state index is 0.0190. The molecule has 0 aliphatic heterocycles. The molecule has 3 unspecified atom stereocenters. The lowest BCUT2D eigenvalue weighted by Gasteiger charge is -2.35. The van der Waals surface area contributed by atoms with Crippen molar-refractivity contribution in [2.75, 3.05) is 13.2 Å². The van der Waals surface area contributed by atoms with E-state index in [-0.39, 0.29) is 31.0 Å². The van der Waals surface area contributed by atoms with Gasteiger partial charge < -0.3 is 10.2 Å². The third-order valence-corrected chi connectivity index (χ3v) is 3.14. The molecule has 0 radical (unpaired) electrons. The molecule has 5 heteroatoms. The molecular weight excluding hydrogens is 222 g/mol. The van der Waals surface area contributed by atoms with Gasteiger partial charge in [-0.15, -0.1) is 0 Å². The van der Waals surface area contributed by atoms with Gasteiger partial charge in [0.15, 0.2) is 0 Å². The lowest BCUT2D eigenvalue weighted by molar-refractivity contribution is -0.143. The fraction of sp³-hybridized carbons (Fsp3) is 0.833. The highest BCUT2D eigenvalue weighted by Gasteiger charge is 2.27. The van der Waals surface area contributed by atoms with E-state index < -0.39 is 11.9 Å². The molecule has 2 N–H and O–H groups in total. The van der Waals surface area contributed by atoms with E-state index in [1.165, 1.54) is 6.92 Å². The number of carbonyl (C=O) groups is 2. The SMILES string of the molecule is CCC(CO)N(CC(C)C(=O)O)C(C)C(C)=O. The number of carbonyl (C=O) groups excluding carboxylic acids is 1. The van der Waals surface area contributed by atoms with E-state index >= 15 is 0 Å². The normalized spacial score (nSPS) is 16.6. The summed E-state index contributed by atoms with van der Waals surface area (Å²) in [7, 11) is 0. The predicted molar refractivity (Wildman–Crippen MR) is 64.8 cm³/mol. The summed E-state index contributed by atoms with van der Waals surface area (Å²) in [5.41, 5.74) is 0. The van der Waals surface area contributed by atoms with Crippen LogP contribution in [0, 0.1) is 5.92 Å². The maximum atomic E-state index is 11.4. The van der Waals surface area contributed by atoms with Crippen LogP contribution in [-0.4, -0.2) is 52.1 Å². The van der Waals surface area contributed by atoms with Crippen LogP contribution in [0.5, 0.6) is 0 Å². The molecule has 3 atom stereocenters. The smallest absolute Gasteiger partial charge is 0.307 e. The van der Waals surface area contributed by atoms with E-state index in [1.54, 1.807) is 18.7 Å². The maximum Gasteiger partial charge on any atom is 0.307 e. The molecule has 0 amide bonds. The van der Waals surface area contributed by atoms with Crippen LogP contribution in [0.3, 0.4) is 0 Å². The van der Waals surface area contributed by atoms with Crippen LogP contribution in [0.4, 0.5) is 0 Å². The van der Waals surface area contributed by atoms with E-state index in [0.29, 0.717) is 6.42 Å². The van der Waals surface area contributed by atoms with Gasteiger partial charge in [-0.3, -0.25) is 14.5 Å². The van der Waals surface area contributed by atoms with E-state index in [1.807, 2.05) is 6.92 Å². The zero-order valence-electron chi connectivity index (χ0n) is 11.0. The summed E-state index contributed by atoms with van der Waals surface area (Å²) in [5.74, 6) is -1.47. The van der Waals surface area contributed by atoms with Gasteiger partial charge >= 0.3 is 5.97 Å². The Kier molecular flexibility index (Phi) is 6.99. The average molecular weight is 245 g/mol. The summed E-state index contributed by atoms with van der Waals surface area (Å²) in [4.78, 5) is 24.0. The summed E-state index contributed by atoms with van der Waals surface area (Å²) in [6.45, 7) is 6.94. The number of hydrogen-bond acceptors (Lipinski definition) is 4. The molecule has 0 aromatic carbocycles. The highest BCUT2D eigenvalue weighted by molar-refractivity contribution is 5.81. The zero-order valence-corrected chi connectivity index (χ0v) is 11.0. The van der Waals surface area contributed by atoms with Crippen molar-refractivity contribution in [2.24, 2.45) is 5.92 Å². The molecule has 0 saturated carbocycles. The third-order valence-electron chi connectivity index (χ3n) is 3.14. The molecule has 0 aromatic heterocycles. The second-order valence-corrected chi connectivity index (χ2v) is 4.47. The molecule has 0 saturated heterocycles. The van der Waals surface area contributed by atoms with Crippen LogP contribution in [0.15, 0.2) is 0 Å². The van der Waals surface area contributed by atoms with Crippen molar-refractivity contribution in [3.8, 4) is 0 Å². The van der Waals surface area contributed by atoms with Gasteiger partial charge in [0.05, 0.1) is 18.6 Å². The molecule has 0 fully saturated rings. The largest absolute Gasteiger partial charge is 0.481 e. The first-order chi connectivity index (χ1) is 7.84. The Morgan fingerprint density at radius 1 is 1.29 bits per heavy atom. The highest BCUT2D eigenvalue weighted by Crippen LogP contribution is 2.13. The Balaban J connectivity index is 4.83. The number of aliphatic hydroxyl groups excluding tert-OH is 1. The van der Waals surface area contributed by atoms with Crippen molar-refractivity contribution in [1.82, 2.24) is 4.90 Å². The van der Waals surface area contributed by atoms with Gasteiger partial charge in [-0.1, -0.05) is 13.8 Å². The topological polar surface area (TPSA) is 77.8 Å². The van der Waals surface area contributed by atoms with Gasteiger partial charge in [-0.25, -0.2) is 0 Å². The third kappa shape index (κ3) is 4.83. The lowest BCUT2D eigenvalue weighted by atomic mass is 10.0. The van der Waals surface area contributed by atoms with Crippen molar-refractivity contribution in [1.29, 1.82) is 0 Å². The Bertz CT molecular complexity index is 263. The van der Waals surface area contributed by atoms with Gasteiger partial charge in [0.25, 0.3) is 0 Å². The average Bonchev–Trinajstić information content (AvgIpc) is 2.27. The predicted octanol–water partition coefficient (Wildman–Crippen LogP) is 0.758. The van der Waals surface area contributed by atoms with Crippen molar-refractivity contribution in [3.63, 3.8) is 0 Å². The minimum atomic E-state index is -0.890. The Morgan fingerprint density at radius 2 is 1.82 bits per heavy atom. The van der Waals surface area contributed by atoms with Gasteiger partial charge in [-0.05, 0) is 20.3 Å². The number of carboxylic acids is 1. The fourth-order valence-electron chi connectivity index (χ4n) is 1.72. The molecule has 0 aliphatic rings. The Hall–Kier alpha value is -0.940. The fourth-order valence-corrected chi connectivity index (χ4v) is 1.72. The zero-order chi connectivity index (χ0) is 13.6. The van der Waals surface area contributed by atoms with E-state index in [9.17, 15) is 14.7 Å². The number of nitrogens with zero attached hydrogens (tertiary/aromatic N) is 1. The molecular formula is C12H23NO4. The Labute approximate surface area is 102 Å². The monoisotopic (exact) mass is 245 g/mol. The van der Waals surface area contributed by atoms with Crippen LogP contribution < -0.4 is 0 Å². The van der Waals surface area contributed by atoms with Crippen molar-refractivity contribution >= 4 is 11.8 Å². The van der Waals surface area contributed by atoms with Gasteiger partial charge in [-0.2, -0.15) is 0 Å². The number of aliphatic hydroxyl groups is 1. The van der Waals surface area contributed by atoms with Crippen LogP contribution in [0.1, 0.15) is 34.1 Å². The lowest BCUT2D eigenvalue weighted by Crippen LogP contribution is -2.49. The molecule has 0 aliphatic carbocycles. The number of carboxylic acid groups (broad SMARTS) is 1. The Morgan fingerprint density at radius 3 is 2.12 bits per heavy atom.